The summed E-state index contributed by atoms with van der Waals surface area (Å²) in [6.45, 7) is 0.649. The Hall–Kier alpha value is -1.53. The van der Waals surface area contributed by atoms with E-state index in [4.69, 9.17) is 0 Å². The predicted molar refractivity (Wildman–Crippen MR) is 74.0 cm³/mol. The van der Waals surface area contributed by atoms with E-state index >= 15 is 0 Å². The third-order valence-electron chi connectivity index (χ3n) is 4.79. The number of rotatable bonds is 2. The molecule has 0 bridgehead atoms. The van der Waals surface area contributed by atoms with Gasteiger partial charge < -0.3 is 9.88 Å². The molecule has 22 heavy (non-hydrogen) atoms. The second kappa shape index (κ2) is 5.93. The summed E-state index contributed by atoms with van der Waals surface area (Å²) in [7, 11) is 0. The van der Waals surface area contributed by atoms with Gasteiger partial charge in [0.2, 0.25) is 5.91 Å². The molecule has 2 aliphatic rings. The fraction of sp³-hybridized carbons (Fsp3) is 0.733. The number of nitrogens with zero attached hydrogens (tertiary/aromatic N) is 2. The Morgan fingerprint density at radius 2 is 2.14 bits per heavy atom. The summed E-state index contributed by atoms with van der Waals surface area (Å²) in [5.41, 5.74) is 0. The number of carbonyl (C=O) groups excluding carboxylic acids is 1. The van der Waals surface area contributed by atoms with Gasteiger partial charge in [-0.15, -0.1) is 0 Å². The SMILES string of the molecule is O=C(N[C@@H]1CCc2nccn2C1)[C@H]1CCC[C@@H](C(F)(F)F)C1. The van der Waals surface area contributed by atoms with Crippen LogP contribution in [0.4, 0.5) is 13.2 Å². The van der Waals surface area contributed by atoms with Crippen LogP contribution in [-0.2, 0) is 17.8 Å². The minimum atomic E-state index is -4.19. The van der Waals surface area contributed by atoms with Crippen LogP contribution in [0.15, 0.2) is 12.4 Å². The summed E-state index contributed by atoms with van der Waals surface area (Å²) in [6.07, 6.45) is 2.09. The highest BCUT2D eigenvalue weighted by atomic mass is 19.4. The maximum atomic E-state index is 12.8. The van der Waals surface area contributed by atoms with Crippen molar-refractivity contribution in [3.8, 4) is 0 Å². The van der Waals surface area contributed by atoms with Crippen LogP contribution in [-0.4, -0.2) is 27.7 Å². The van der Waals surface area contributed by atoms with Gasteiger partial charge >= 0.3 is 6.18 Å². The molecule has 1 aliphatic heterocycles. The van der Waals surface area contributed by atoms with E-state index in [2.05, 4.69) is 10.3 Å². The Balaban J connectivity index is 1.56. The average Bonchev–Trinajstić information content (AvgIpc) is 2.94. The number of hydrogen-bond acceptors (Lipinski definition) is 2. The Kier molecular flexibility index (Phi) is 4.14. The molecule has 1 N–H and O–H groups in total. The molecule has 0 unspecified atom stereocenters. The van der Waals surface area contributed by atoms with Crippen LogP contribution in [0, 0.1) is 11.8 Å². The standard InChI is InChI=1S/C15H20F3N3O/c16-15(17,18)11-3-1-2-10(8-11)14(22)20-12-4-5-13-19-6-7-21(13)9-12/h6-7,10-12H,1-5,8-9H2,(H,20,22)/t10-,11+,12+/m0/s1. The molecule has 3 atom stereocenters. The number of halogens is 3. The lowest BCUT2D eigenvalue weighted by atomic mass is 9.80. The predicted octanol–water partition coefficient (Wildman–Crippen LogP) is 2.68. The molecule has 0 radical (unpaired) electrons. The number of nitrogens with one attached hydrogen (secondary N) is 1. The lowest BCUT2D eigenvalue weighted by molar-refractivity contribution is -0.186. The van der Waals surface area contributed by atoms with Gasteiger partial charge in [0.05, 0.1) is 5.92 Å². The largest absolute Gasteiger partial charge is 0.391 e. The van der Waals surface area contributed by atoms with E-state index < -0.39 is 18.0 Å². The van der Waals surface area contributed by atoms with Crippen molar-refractivity contribution in [2.45, 2.75) is 57.3 Å². The Morgan fingerprint density at radius 1 is 1.32 bits per heavy atom. The lowest BCUT2D eigenvalue weighted by Crippen LogP contribution is -2.45. The van der Waals surface area contributed by atoms with Gasteiger partial charge in [0.25, 0.3) is 0 Å². The molecule has 0 saturated heterocycles. The lowest BCUT2D eigenvalue weighted by Gasteiger charge is -2.32. The number of alkyl halides is 3. The zero-order chi connectivity index (χ0) is 15.7. The molecule has 122 valence electrons. The first kappa shape index (κ1) is 15.4. The minimum Gasteiger partial charge on any atom is -0.351 e. The molecule has 1 amide bonds. The van der Waals surface area contributed by atoms with E-state index in [1.165, 1.54) is 0 Å². The van der Waals surface area contributed by atoms with Crippen molar-refractivity contribution in [2.24, 2.45) is 11.8 Å². The molecular formula is C15H20F3N3O. The number of imidazole rings is 1. The van der Waals surface area contributed by atoms with Gasteiger partial charge in [0.1, 0.15) is 5.82 Å². The smallest absolute Gasteiger partial charge is 0.351 e. The van der Waals surface area contributed by atoms with Crippen LogP contribution in [0.3, 0.4) is 0 Å². The normalized spacial score (nSPS) is 29.0. The molecule has 2 heterocycles. The third kappa shape index (κ3) is 3.28. The number of carbonyl (C=O) groups is 1. The first-order chi connectivity index (χ1) is 10.4. The van der Waals surface area contributed by atoms with E-state index in [9.17, 15) is 18.0 Å². The molecule has 1 fully saturated rings. The van der Waals surface area contributed by atoms with Crippen LogP contribution in [0.2, 0.25) is 0 Å². The third-order valence-corrected chi connectivity index (χ3v) is 4.79. The molecule has 0 aromatic carbocycles. The maximum absolute atomic E-state index is 12.8. The van der Waals surface area contributed by atoms with Crippen LogP contribution in [0.1, 0.15) is 37.9 Å². The summed E-state index contributed by atoms with van der Waals surface area (Å²) in [4.78, 5) is 16.5. The van der Waals surface area contributed by atoms with Crippen molar-refractivity contribution in [3.05, 3.63) is 18.2 Å². The zero-order valence-electron chi connectivity index (χ0n) is 12.3. The molecule has 0 spiro atoms. The van der Waals surface area contributed by atoms with Crippen molar-refractivity contribution >= 4 is 5.91 Å². The van der Waals surface area contributed by atoms with E-state index in [1.807, 2.05) is 10.8 Å². The number of hydrogen-bond donors (Lipinski definition) is 1. The van der Waals surface area contributed by atoms with Gasteiger partial charge in [0.15, 0.2) is 0 Å². The van der Waals surface area contributed by atoms with Gasteiger partial charge in [-0.1, -0.05) is 6.42 Å². The van der Waals surface area contributed by atoms with Gasteiger partial charge in [-0.3, -0.25) is 4.79 Å². The van der Waals surface area contributed by atoms with Crippen molar-refractivity contribution < 1.29 is 18.0 Å². The highest BCUT2D eigenvalue weighted by Gasteiger charge is 2.43. The van der Waals surface area contributed by atoms with Crippen molar-refractivity contribution in [2.75, 3.05) is 0 Å². The molecule has 1 aromatic rings. The topological polar surface area (TPSA) is 46.9 Å². The molecule has 3 rings (SSSR count). The van der Waals surface area contributed by atoms with Crippen LogP contribution in [0.25, 0.3) is 0 Å². The van der Waals surface area contributed by atoms with Crippen LogP contribution >= 0.6 is 0 Å². The van der Waals surface area contributed by atoms with Crippen molar-refractivity contribution in [3.63, 3.8) is 0 Å². The second-order valence-electron chi connectivity index (χ2n) is 6.34. The Bertz CT molecular complexity index is 540. The summed E-state index contributed by atoms with van der Waals surface area (Å²) in [6, 6.07) is -0.0135. The van der Waals surface area contributed by atoms with Crippen LogP contribution in [0.5, 0.6) is 0 Å². The summed E-state index contributed by atoms with van der Waals surface area (Å²) < 4.78 is 40.5. The highest BCUT2D eigenvalue weighted by molar-refractivity contribution is 5.79. The molecule has 1 saturated carbocycles. The van der Waals surface area contributed by atoms with Crippen LogP contribution < -0.4 is 5.32 Å². The van der Waals surface area contributed by atoms with Gasteiger partial charge in [-0.25, -0.2) is 4.98 Å². The molecular weight excluding hydrogens is 295 g/mol. The summed E-state index contributed by atoms with van der Waals surface area (Å²) in [5, 5.41) is 2.94. The van der Waals surface area contributed by atoms with Crippen molar-refractivity contribution in [1.29, 1.82) is 0 Å². The van der Waals surface area contributed by atoms with E-state index in [0.29, 0.717) is 19.4 Å². The quantitative estimate of drug-likeness (QED) is 0.912. The van der Waals surface area contributed by atoms with E-state index in [-0.39, 0.29) is 24.8 Å². The maximum Gasteiger partial charge on any atom is 0.391 e. The second-order valence-corrected chi connectivity index (χ2v) is 6.34. The molecule has 7 heteroatoms. The van der Waals surface area contributed by atoms with E-state index in [0.717, 1.165) is 18.7 Å². The van der Waals surface area contributed by atoms with Crippen molar-refractivity contribution in [1.82, 2.24) is 14.9 Å². The van der Waals surface area contributed by atoms with Gasteiger partial charge in [-0.2, -0.15) is 13.2 Å². The first-order valence-corrected chi connectivity index (χ1v) is 7.80. The Labute approximate surface area is 127 Å². The molecule has 1 aliphatic carbocycles. The summed E-state index contributed by atoms with van der Waals surface area (Å²) in [5.74, 6) is -1.06. The first-order valence-electron chi connectivity index (χ1n) is 7.80. The summed E-state index contributed by atoms with van der Waals surface area (Å²) >= 11 is 0. The van der Waals surface area contributed by atoms with Gasteiger partial charge in [-0.05, 0) is 25.7 Å². The number of fused-ring (bicyclic) bond motifs is 1. The monoisotopic (exact) mass is 315 g/mol. The number of amides is 1. The number of aromatic nitrogens is 2. The number of aryl methyl sites for hydroxylation is 1. The van der Waals surface area contributed by atoms with E-state index in [1.54, 1.807) is 6.20 Å². The minimum absolute atomic E-state index is 0.0135. The molecule has 4 nitrogen and oxygen atoms in total. The molecule has 1 aromatic heterocycles. The van der Waals surface area contributed by atoms with Gasteiger partial charge in [0, 0.05) is 37.3 Å². The zero-order valence-corrected chi connectivity index (χ0v) is 12.3. The Morgan fingerprint density at radius 3 is 2.91 bits per heavy atom. The fourth-order valence-corrected chi connectivity index (χ4v) is 3.53. The average molecular weight is 315 g/mol. The fourth-order valence-electron chi connectivity index (χ4n) is 3.53. The highest BCUT2D eigenvalue weighted by Crippen LogP contribution is 2.40.